The fourth-order valence-corrected chi connectivity index (χ4v) is 3.99. The Balaban J connectivity index is 1.86. The van der Waals surface area contributed by atoms with E-state index in [4.69, 9.17) is 0 Å². The number of halogens is 1. The second-order valence-corrected chi connectivity index (χ2v) is 8.00. The summed E-state index contributed by atoms with van der Waals surface area (Å²) in [7, 11) is -3.46. The highest BCUT2D eigenvalue weighted by Gasteiger charge is 2.21. The molecule has 1 aliphatic rings. The maximum atomic E-state index is 12.3. The van der Waals surface area contributed by atoms with Gasteiger partial charge in [-0.05, 0) is 47.5 Å². The number of carbonyl (C=O) groups is 1. The highest BCUT2D eigenvalue weighted by Crippen LogP contribution is 2.29. The van der Waals surface area contributed by atoms with Crippen LogP contribution in [0.3, 0.4) is 0 Å². The van der Waals surface area contributed by atoms with Crippen molar-refractivity contribution in [3.63, 3.8) is 0 Å². The number of anilines is 1. The van der Waals surface area contributed by atoms with E-state index in [-0.39, 0.29) is 10.5 Å². The largest absolute Gasteiger partial charge is 0.321 e. The topological polar surface area (TPSA) is 87.0 Å². The van der Waals surface area contributed by atoms with Crippen LogP contribution in [0.5, 0.6) is 0 Å². The van der Waals surface area contributed by atoms with Gasteiger partial charge >= 0.3 is 0 Å². The first-order valence-corrected chi connectivity index (χ1v) is 9.49. The summed E-state index contributed by atoms with van der Waals surface area (Å²) in [5, 5.41) is 12.9. The van der Waals surface area contributed by atoms with E-state index in [1.54, 1.807) is 30.3 Å². The number of hydrogen-bond donors (Lipinski definition) is 1. The predicted molar refractivity (Wildman–Crippen MR) is 99.0 cm³/mol. The first-order chi connectivity index (χ1) is 11.9. The van der Waals surface area contributed by atoms with Crippen LogP contribution >= 0.6 is 15.9 Å². The summed E-state index contributed by atoms with van der Waals surface area (Å²) in [6.07, 6.45) is 2.97. The van der Waals surface area contributed by atoms with E-state index in [0.29, 0.717) is 16.8 Å². The van der Waals surface area contributed by atoms with E-state index in [9.17, 15) is 18.5 Å². The first kappa shape index (κ1) is 17.1. The Morgan fingerprint density at radius 3 is 2.72 bits per heavy atom. The van der Waals surface area contributed by atoms with Crippen LogP contribution in [0.15, 0.2) is 62.8 Å². The van der Waals surface area contributed by atoms with Crippen LogP contribution in [-0.2, 0) is 14.6 Å². The molecule has 2 aromatic carbocycles. The lowest BCUT2D eigenvalue weighted by molar-refractivity contribution is -0.112. The van der Waals surface area contributed by atoms with Gasteiger partial charge in [0.25, 0.3) is 5.91 Å². The van der Waals surface area contributed by atoms with Gasteiger partial charge in [0.1, 0.15) is 11.6 Å². The first-order valence-electron chi connectivity index (χ1n) is 7.15. The number of hydrogen-bond acceptors (Lipinski definition) is 4. The van der Waals surface area contributed by atoms with Crippen molar-refractivity contribution in [2.45, 2.75) is 4.90 Å². The monoisotopic (exact) mass is 414 g/mol. The summed E-state index contributed by atoms with van der Waals surface area (Å²) in [6.45, 7) is 0. The Kier molecular flexibility index (Phi) is 4.57. The van der Waals surface area contributed by atoms with Gasteiger partial charge in [-0.3, -0.25) is 4.79 Å². The zero-order chi connectivity index (χ0) is 18.0. The van der Waals surface area contributed by atoms with Crippen molar-refractivity contribution in [2.75, 3.05) is 5.32 Å². The van der Waals surface area contributed by atoms with Gasteiger partial charge in [-0.15, -0.1) is 0 Å². The Hall–Kier alpha value is -2.69. The zero-order valence-electron chi connectivity index (χ0n) is 12.7. The van der Waals surface area contributed by atoms with E-state index < -0.39 is 15.7 Å². The van der Waals surface area contributed by atoms with Gasteiger partial charge in [-0.1, -0.05) is 34.1 Å². The van der Waals surface area contributed by atoms with Crippen LogP contribution in [0.1, 0.15) is 11.1 Å². The molecule has 5 nitrogen and oxygen atoms in total. The lowest BCUT2D eigenvalue weighted by Crippen LogP contribution is -2.13. The van der Waals surface area contributed by atoms with Gasteiger partial charge in [0.15, 0.2) is 0 Å². The fourth-order valence-electron chi connectivity index (χ4n) is 2.34. The van der Waals surface area contributed by atoms with Crippen molar-refractivity contribution < 1.29 is 13.2 Å². The van der Waals surface area contributed by atoms with Crippen LogP contribution in [0.4, 0.5) is 5.69 Å². The molecular weight excluding hydrogens is 404 g/mol. The van der Waals surface area contributed by atoms with Crippen molar-refractivity contribution in [2.24, 2.45) is 0 Å². The molecule has 0 aromatic heterocycles. The standard InChI is InChI=1S/C18H11BrN2O3S/c19-15-3-1-2-12(9-15)8-14(11-20)18(22)21-16-5-4-13-6-7-25(23,24)17(13)10-16/h1-10H,(H,21,22)/b14-8+. The van der Waals surface area contributed by atoms with Crippen LogP contribution in [0.25, 0.3) is 12.2 Å². The van der Waals surface area contributed by atoms with Gasteiger partial charge in [-0.2, -0.15) is 5.26 Å². The Morgan fingerprint density at radius 2 is 2.00 bits per heavy atom. The Labute approximate surface area is 153 Å². The molecule has 1 amide bonds. The second kappa shape index (κ2) is 6.67. The number of fused-ring (bicyclic) bond motifs is 1. The van der Waals surface area contributed by atoms with Crippen molar-refractivity contribution in [1.29, 1.82) is 5.26 Å². The highest BCUT2D eigenvalue weighted by atomic mass is 79.9. The molecule has 0 fully saturated rings. The lowest BCUT2D eigenvalue weighted by Gasteiger charge is -2.07. The lowest BCUT2D eigenvalue weighted by atomic mass is 10.1. The summed E-state index contributed by atoms with van der Waals surface area (Å²) in [5.74, 6) is -0.606. The molecule has 1 N–H and O–H groups in total. The number of nitriles is 1. The number of sulfone groups is 1. The van der Waals surface area contributed by atoms with Gasteiger partial charge in [-0.25, -0.2) is 8.42 Å². The summed E-state index contributed by atoms with van der Waals surface area (Å²) in [6, 6.07) is 13.6. The molecular formula is C18H11BrN2O3S. The van der Waals surface area contributed by atoms with Crippen molar-refractivity contribution in [1.82, 2.24) is 0 Å². The summed E-state index contributed by atoms with van der Waals surface area (Å²) >= 11 is 3.33. The fraction of sp³-hybridized carbons (Fsp3) is 0. The maximum absolute atomic E-state index is 12.3. The molecule has 1 aliphatic heterocycles. The van der Waals surface area contributed by atoms with E-state index in [2.05, 4.69) is 21.2 Å². The molecule has 0 radical (unpaired) electrons. The zero-order valence-corrected chi connectivity index (χ0v) is 15.1. The molecule has 0 atom stereocenters. The molecule has 0 saturated heterocycles. The Bertz CT molecular complexity index is 1080. The minimum absolute atomic E-state index is 0.0837. The molecule has 2 aromatic rings. The molecule has 3 rings (SSSR count). The molecule has 124 valence electrons. The smallest absolute Gasteiger partial charge is 0.266 e. The average molecular weight is 415 g/mol. The number of nitrogens with zero attached hydrogens (tertiary/aromatic N) is 1. The molecule has 7 heteroatoms. The average Bonchev–Trinajstić information content (AvgIpc) is 2.87. The third kappa shape index (κ3) is 3.71. The molecule has 0 saturated carbocycles. The van der Waals surface area contributed by atoms with Crippen LogP contribution in [0.2, 0.25) is 0 Å². The van der Waals surface area contributed by atoms with Crippen molar-refractivity contribution >= 4 is 49.5 Å². The second-order valence-electron chi connectivity index (χ2n) is 5.28. The van der Waals surface area contributed by atoms with E-state index >= 15 is 0 Å². The maximum Gasteiger partial charge on any atom is 0.266 e. The van der Waals surface area contributed by atoms with Gasteiger partial charge in [0, 0.05) is 15.6 Å². The molecule has 1 heterocycles. The number of rotatable bonds is 3. The van der Waals surface area contributed by atoms with Gasteiger partial charge in [0.2, 0.25) is 9.84 Å². The molecule has 25 heavy (non-hydrogen) atoms. The predicted octanol–water partition coefficient (Wildman–Crippen LogP) is 3.75. The molecule has 0 unspecified atom stereocenters. The van der Waals surface area contributed by atoms with Crippen molar-refractivity contribution in [3.8, 4) is 6.07 Å². The molecule has 0 bridgehead atoms. The third-order valence-corrected chi connectivity index (χ3v) is 5.48. The number of carbonyl (C=O) groups excluding carboxylic acids is 1. The van der Waals surface area contributed by atoms with Crippen molar-refractivity contribution in [3.05, 3.63) is 69.0 Å². The third-order valence-electron chi connectivity index (χ3n) is 3.53. The van der Waals surface area contributed by atoms with Crippen LogP contribution in [-0.4, -0.2) is 14.3 Å². The highest BCUT2D eigenvalue weighted by molar-refractivity contribution is 9.10. The number of nitrogens with one attached hydrogen (secondary N) is 1. The quantitative estimate of drug-likeness (QED) is 0.611. The molecule has 0 aliphatic carbocycles. The normalized spacial score (nSPS) is 14.6. The van der Waals surface area contributed by atoms with Crippen LogP contribution in [0, 0.1) is 11.3 Å². The minimum atomic E-state index is -3.46. The summed E-state index contributed by atoms with van der Waals surface area (Å²) < 4.78 is 24.6. The minimum Gasteiger partial charge on any atom is -0.321 e. The van der Waals surface area contributed by atoms with E-state index in [1.807, 2.05) is 12.1 Å². The number of benzene rings is 2. The molecule has 0 spiro atoms. The van der Waals surface area contributed by atoms with Gasteiger partial charge < -0.3 is 5.32 Å². The SMILES string of the molecule is N#C/C(=C\c1cccc(Br)c1)C(=O)Nc1ccc2c(c1)S(=O)(=O)C=C2. The van der Waals surface area contributed by atoms with E-state index in [0.717, 1.165) is 9.88 Å². The van der Waals surface area contributed by atoms with Crippen LogP contribution < -0.4 is 5.32 Å². The number of amides is 1. The van der Waals surface area contributed by atoms with Gasteiger partial charge in [0.05, 0.1) is 4.90 Å². The summed E-state index contributed by atoms with van der Waals surface area (Å²) in [5.41, 5.74) is 1.50. The summed E-state index contributed by atoms with van der Waals surface area (Å²) in [4.78, 5) is 12.5. The Morgan fingerprint density at radius 1 is 1.20 bits per heavy atom. The van der Waals surface area contributed by atoms with E-state index in [1.165, 1.54) is 18.2 Å².